The van der Waals surface area contributed by atoms with Crippen molar-refractivity contribution in [1.82, 2.24) is 10.2 Å². The summed E-state index contributed by atoms with van der Waals surface area (Å²) in [6, 6.07) is 1.49. The van der Waals surface area contributed by atoms with Gasteiger partial charge in [0.25, 0.3) is 0 Å². The third-order valence-electron chi connectivity index (χ3n) is 4.50. The van der Waals surface area contributed by atoms with E-state index in [0.717, 1.165) is 0 Å². The summed E-state index contributed by atoms with van der Waals surface area (Å²) in [6.07, 6.45) is 0.907. The number of nitrogens with one attached hydrogen (secondary N) is 1. The highest BCUT2D eigenvalue weighted by molar-refractivity contribution is 6.42. The summed E-state index contributed by atoms with van der Waals surface area (Å²) in [4.78, 5) is 25.9. The van der Waals surface area contributed by atoms with Gasteiger partial charge in [-0.1, -0.05) is 23.2 Å². The number of hydrogen-bond acceptors (Lipinski definition) is 4. The van der Waals surface area contributed by atoms with Crippen LogP contribution in [0, 0.1) is 0 Å². The molecule has 0 aliphatic carbocycles. The Balaban J connectivity index is 1.88. The Bertz CT molecular complexity index is 667. The van der Waals surface area contributed by atoms with E-state index in [9.17, 15) is 19.8 Å². The monoisotopic (exact) mass is 358 g/mol. The van der Waals surface area contributed by atoms with Gasteiger partial charge in [-0.25, -0.2) is 0 Å². The van der Waals surface area contributed by atoms with E-state index in [0.29, 0.717) is 30.0 Å². The minimum absolute atomic E-state index is 0.0358. The lowest BCUT2D eigenvalue weighted by molar-refractivity contribution is -0.152. The Morgan fingerprint density at radius 1 is 1.30 bits per heavy atom. The summed E-state index contributed by atoms with van der Waals surface area (Å²) >= 11 is 12.2. The number of aliphatic hydroxyl groups excluding tert-OH is 1. The Hall–Kier alpha value is -1.50. The van der Waals surface area contributed by atoms with Crippen molar-refractivity contribution in [3.05, 3.63) is 27.7 Å². The van der Waals surface area contributed by atoms with Crippen molar-refractivity contribution in [3.8, 4) is 5.75 Å². The fourth-order valence-electron chi connectivity index (χ4n) is 3.34. The van der Waals surface area contributed by atoms with Crippen molar-refractivity contribution in [2.45, 2.75) is 30.8 Å². The van der Waals surface area contributed by atoms with E-state index in [1.807, 2.05) is 0 Å². The van der Waals surface area contributed by atoms with E-state index in [2.05, 4.69) is 5.32 Å². The van der Waals surface area contributed by atoms with Crippen LogP contribution in [0.5, 0.6) is 5.75 Å². The van der Waals surface area contributed by atoms with Crippen LogP contribution in [-0.4, -0.2) is 52.2 Å². The van der Waals surface area contributed by atoms with Crippen LogP contribution in [0.1, 0.15) is 24.3 Å². The van der Waals surface area contributed by atoms with Crippen LogP contribution in [0.15, 0.2) is 12.1 Å². The van der Waals surface area contributed by atoms with Crippen molar-refractivity contribution in [2.24, 2.45) is 0 Å². The van der Waals surface area contributed by atoms with E-state index in [1.54, 1.807) is 0 Å². The highest BCUT2D eigenvalue weighted by Gasteiger charge is 2.44. The molecule has 0 radical (unpaired) electrons. The topological polar surface area (TPSA) is 89.9 Å². The maximum Gasteiger partial charge on any atom is 0.248 e. The number of piperazine rings is 1. The zero-order valence-electron chi connectivity index (χ0n) is 12.1. The summed E-state index contributed by atoms with van der Waals surface area (Å²) in [5, 5.41) is 22.4. The van der Waals surface area contributed by atoms with E-state index in [1.165, 1.54) is 17.0 Å². The van der Waals surface area contributed by atoms with E-state index in [4.69, 9.17) is 23.2 Å². The molecule has 3 atom stereocenters. The van der Waals surface area contributed by atoms with Crippen LogP contribution in [-0.2, 0) is 9.59 Å². The highest BCUT2D eigenvalue weighted by Crippen LogP contribution is 2.43. The number of fused-ring (bicyclic) bond motifs is 1. The molecule has 0 bridgehead atoms. The lowest BCUT2D eigenvalue weighted by Gasteiger charge is -2.44. The number of carbonyl (C=O) groups is 2. The predicted octanol–water partition coefficient (Wildman–Crippen LogP) is 1.26. The van der Waals surface area contributed by atoms with Crippen molar-refractivity contribution in [1.29, 1.82) is 0 Å². The van der Waals surface area contributed by atoms with Gasteiger partial charge in [-0.05, 0) is 30.9 Å². The largest absolute Gasteiger partial charge is 0.508 e. The van der Waals surface area contributed by atoms with Crippen LogP contribution in [0.2, 0.25) is 10.0 Å². The number of phenolic OH excluding ortho intramolecular Hbond substituents is 1. The number of aliphatic hydroxyl groups is 1. The quantitative estimate of drug-likeness (QED) is 0.742. The molecule has 2 aliphatic rings. The number of phenols is 1. The summed E-state index contributed by atoms with van der Waals surface area (Å²) in [5.74, 6) is -0.719. The number of rotatable bonds is 2. The number of piperidine rings is 1. The summed E-state index contributed by atoms with van der Waals surface area (Å²) in [5.41, 5.74) is 0.517. The standard InChI is InChI=1S/C15H16Cl2N2O4/c16-8-1-2-11(21)12(13(8)17)7-3-4-19-10(5-7)14(22)18-9(6-20)15(19)23/h1-2,7,9-10,20-21H,3-6H2,(H,18,22). The third kappa shape index (κ3) is 2.75. The van der Waals surface area contributed by atoms with Crippen LogP contribution < -0.4 is 5.32 Å². The van der Waals surface area contributed by atoms with Crippen LogP contribution in [0.25, 0.3) is 0 Å². The van der Waals surface area contributed by atoms with Crippen molar-refractivity contribution in [2.75, 3.05) is 13.2 Å². The van der Waals surface area contributed by atoms with E-state index >= 15 is 0 Å². The summed E-state index contributed by atoms with van der Waals surface area (Å²) in [6.45, 7) is -0.0570. The molecule has 23 heavy (non-hydrogen) atoms. The minimum atomic E-state index is -0.876. The van der Waals surface area contributed by atoms with E-state index in [-0.39, 0.29) is 28.5 Å². The smallest absolute Gasteiger partial charge is 0.248 e. The summed E-state index contributed by atoms with van der Waals surface area (Å²) in [7, 11) is 0. The Kier molecular flexibility index (Phi) is 4.40. The van der Waals surface area contributed by atoms with Gasteiger partial charge < -0.3 is 20.4 Å². The average Bonchev–Trinajstić information content (AvgIpc) is 2.54. The van der Waals surface area contributed by atoms with Crippen molar-refractivity contribution < 1.29 is 19.8 Å². The second-order valence-electron chi connectivity index (χ2n) is 5.81. The predicted molar refractivity (Wildman–Crippen MR) is 84.6 cm³/mol. The van der Waals surface area contributed by atoms with Gasteiger partial charge in [-0.2, -0.15) is 0 Å². The number of carbonyl (C=O) groups excluding carboxylic acids is 2. The van der Waals surface area contributed by atoms with Gasteiger partial charge in [0.2, 0.25) is 11.8 Å². The fraction of sp³-hybridized carbons (Fsp3) is 0.467. The van der Waals surface area contributed by atoms with Gasteiger partial charge >= 0.3 is 0 Å². The molecular weight excluding hydrogens is 343 g/mol. The first kappa shape index (κ1) is 16.4. The molecule has 0 spiro atoms. The van der Waals surface area contributed by atoms with Gasteiger partial charge in [-0.15, -0.1) is 0 Å². The molecule has 3 rings (SSSR count). The van der Waals surface area contributed by atoms with Gasteiger partial charge in [0.1, 0.15) is 17.8 Å². The number of hydrogen-bond donors (Lipinski definition) is 3. The molecular formula is C15H16Cl2N2O4. The molecule has 2 saturated heterocycles. The number of aromatic hydroxyl groups is 1. The third-order valence-corrected chi connectivity index (χ3v) is 5.32. The van der Waals surface area contributed by atoms with Gasteiger partial charge in [0, 0.05) is 12.1 Å². The van der Waals surface area contributed by atoms with Crippen LogP contribution >= 0.6 is 23.2 Å². The lowest BCUT2D eigenvalue weighted by atomic mass is 9.83. The molecule has 2 fully saturated rings. The fourth-order valence-corrected chi connectivity index (χ4v) is 3.82. The molecule has 8 heteroatoms. The molecule has 1 aromatic carbocycles. The van der Waals surface area contributed by atoms with Crippen LogP contribution in [0.4, 0.5) is 0 Å². The molecule has 0 saturated carbocycles. The first-order valence-corrected chi connectivity index (χ1v) is 8.08. The molecule has 3 N–H and O–H groups in total. The Morgan fingerprint density at radius 3 is 2.74 bits per heavy atom. The van der Waals surface area contributed by atoms with Crippen LogP contribution in [0.3, 0.4) is 0 Å². The molecule has 0 aromatic heterocycles. The zero-order chi connectivity index (χ0) is 16.7. The first-order chi connectivity index (χ1) is 10.9. The highest BCUT2D eigenvalue weighted by atomic mass is 35.5. The number of amides is 2. The second-order valence-corrected chi connectivity index (χ2v) is 6.59. The average molecular weight is 359 g/mol. The number of halogens is 2. The minimum Gasteiger partial charge on any atom is -0.508 e. The lowest BCUT2D eigenvalue weighted by Crippen LogP contribution is -2.66. The molecule has 2 amide bonds. The summed E-state index contributed by atoms with van der Waals surface area (Å²) < 4.78 is 0. The van der Waals surface area contributed by atoms with Gasteiger partial charge in [0.15, 0.2) is 0 Å². The molecule has 3 unspecified atom stereocenters. The SMILES string of the molecule is O=C1NC(CO)C(=O)N2CCC(c3c(O)ccc(Cl)c3Cl)CC12. The van der Waals surface area contributed by atoms with Crippen molar-refractivity contribution >= 4 is 35.0 Å². The molecule has 124 valence electrons. The van der Waals surface area contributed by atoms with Gasteiger partial charge in [0.05, 0.1) is 16.7 Å². The van der Waals surface area contributed by atoms with Crippen molar-refractivity contribution in [3.63, 3.8) is 0 Å². The van der Waals surface area contributed by atoms with Gasteiger partial charge in [-0.3, -0.25) is 9.59 Å². The Morgan fingerprint density at radius 2 is 2.04 bits per heavy atom. The normalized spacial score (nSPS) is 27.6. The number of nitrogens with zero attached hydrogens (tertiary/aromatic N) is 1. The molecule has 1 aromatic rings. The number of benzene rings is 1. The molecule has 6 nitrogen and oxygen atoms in total. The zero-order valence-corrected chi connectivity index (χ0v) is 13.6. The maximum atomic E-state index is 12.2. The Labute approximate surface area is 143 Å². The molecule has 2 heterocycles. The second kappa shape index (κ2) is 6.19. The first-order valence-electron chi connectivity index (χ1n) is 7.32. The van der Waals surface area contributed by atoms with E-state index < -0.39 is 18.7 Å². The molecule has 2 aliphatic heterocycles. The maximum absolute atomic E-state index is 12.2.